The standard InChI is InChI=1S/C15H18N8O/c1-10-6-13(22(3)21-10)20-14(24)9-23-8-11(7-18-23)15-17-5-4-12(16-2)19-15/h4-8H,9H2,1-3H3,(H,20,24)(H,16,17,19). The van der Waals surface area contributed by atoms with Gasteiger partial charge in [-0.2, -0.15) is 10.2 Å². The van der Waals surface area contributed by atoms with E-state index in [0.717, 1.165) is 17.1 Å². The number of aryl methyl sites for hydroxylation is 2. The molecule has 9 heteroatoms. The van der Waals surface area contributed by atoms with Crippen molar-refractivity contribution in [3.05, 3.63) is 36.4 Å². The number of carbonyl (C=O) groups excluding carboxylic acids is 1. The molecule has 0 saturated heterocycles. The van der Waals surface area contributed by atoms with Crippen molar-refractivity contribution >= 4 is 17.5 Å². The van der Waals surface area contributed by atoms with Gasteiger partial charge < -0.3 is 10.6 Å². The fourth-order valence-corrected chi connectivity index (χ4v) is 2.26. The van der Waals surface area contributed by atoms with E-state index in [1.54, 1.807) is 48.1 Å². The van der Waals surface area contributed by atoms with Crippen LogP contribution in [-0.2, 0) is 18.4 Å². The molecule has 0 atom stereocenters. The fraction of sp³-hybridized carbons (Fsp3) is 0.267. The topological polar surface area (TPSA) is 103 Å². The Kier molecular flexibility index (Phi) is 4.23. The van der Waals surface area contributed by atoms with Gasteiger partial charge in [0.05, 0.1) is 17.5 Å². The first-order valence-electron chi connectivity index (χ1n) is 7.39. The minimum Gasteiger partial charge on any atom is -0.373 e. The molecule has 0 bridgehead atoms. The highest BCUT2D eigenvalue weighted by Crippen LogP contribution is 2.15. The predicted octanol–water partition coefficient (Wildman–Crippen LogP) is 1.06. The van der Waals surface area contributed by atoms with E-state index in [2.05, 4.69) is 30.8 Å². The lowest BCUT2D eigenvalue weighted by Crippen LogP contribution is -2.20. The molecule has 9 nitrogen and oxygen atoms in total. The normalized spacial score (nSPS) is 10.6. The van der Waals surface area contributed by atoms with Crippen LogP contribution in [0, 0.1) is 6.92 Å². The Balaban J connectivity index is 1.69. The third kappa shape index (κ3) is 3.40. The van der Waals surface area contributed by atoms with Crippen LogP contribution in [-0.4, -0.2) is 42.5 Å². The summed E-state index contributed by atoms with van der Waals surface area (Å²) in [6.45, 7) is 1.96. The number of anilines is 2. The van der Waals surface area contributed by atoms with Crippen molar-refractivity contribution in [2.45, 2.75) is 13.5 Å². The molecule has 124 valence electrons. The van der Waals surface area contributed by atoms with Crippen molar-refractivity contribution in [3.63, 3.8) is 0 Å². The Bertz CT molecular complexity index is 866. The monoisotopic (exact) mass is 326 g/mol. The molecule has 24 heavy (non-hydrogen) atoms. The molecule has 0 aromatic carbocycles. The number of hydrogen-bond acceptors (Lipinski definition) is 6. The number of aromatic nitrogens is 6. The minimum absolute atomic E-state index is 0.0932. The van der Waals surface area contributed by atoms with Crippen LogP contribution in [0.2, 0.25) is 0 Å². The summed E-state index contributed by atoms with van der Waals surface area (Å²) < 4.78 is 3.17. The first-order valence-corrected chi connectivity index (χ1v) is 7.39. The van der Waals surface area contributed by atoms with Gasteiger partial charge >= 0.3 is 0 Å². The number of carbonyl (C=O) groups is 1. The first kappa shape index (κ1) is 15.7. The second kappa shape index (κ2) is 6.49. The van der Waals surface area contributed by atoms with E-state index in [9.17, 15) is 4.79 Å². The van der Waals surface area contributed by atoms with Gasteiger partial charge in [0.15, 0.2) is 5.82 Å². The second-order valence-corrected chi connectivity index (χ2v) is 5.28. The Hall–Kier alpha value is -3.23. The third-order valence-corrected chi connectivity index (χ3v) is 3.38. The largest absolute Gasteiger partial charge is 0.373 e. The summed E-state index contributed by atoms with van der Waals surface area (Å²) in [5.41, 5.74) is 1.59. The smallest absolute Gasteiger partial charge is 0.247 e. The van der Waals surface area contributed by atoms with E-state index in [1.807, 2.05) is 13.0 Å². The van der Waals surface area contributed by atoms with Gasteiger partial charge in [0.25, 0.3) is 0 Å². The van der Waals surface area contributed by atoms with Crippen LogP contribution in [0.4, 0.5) is 11.6 Å². The van der Waals surface area contributed by atoms with Gasteiger partial charge in [-0.05, 0) is 13.0 Å². The fourth-order valence-electron chi connectivity index (χ4n) is 2.26. The quantitative estimate of drug-likeness (QED) is 0.727. The lowest BCUT2D eigenvalue weighted by atomic mass is 10.3. The molecule has 3 aromatic rings. The van der Waals surface area contributed by atoms with Gasteiger partial charge in [0, 0.05) is 32.6 Å². The van der Waals surface area contributed by atoms with Gasteiger partial charge in [-0.1, -0.05) is 0 Å². The van der Waals surface area contributed by atoms with Crippen LogP contribution >= 0.6 is 0 Å². The zero-order valence-electron chi connectivity index (χ0n) is 13.7. The number of amides is 1. The first-order chi connectivity index (χ1) is 11.5. The summed E-state index contributed by atoms with van der Waals surface area (Å²) >= 11 is 0. The molecule has 0 aliphatic rings. The molecule has 0 radical (unpaired) electrons. The summed E-state index contributed by atoms with van der Waals surface area (Å²) in [4.78, 5) is 20.7. The molecular weight excluding hydrogens is 308 g/mol. The summed E-state index contributed by atoms with van der Waals surface area (Å²) in [7, 11) is 3.57. The van der Waals surface area contributed by atoms with Crippen LogP contribution in [0.5, 0.6) is 0 Å². The number of nitrogens with zero attached hydrogens (tertiary/aromatic N) is 6. The third-order valence-electron chi connectivity index (χ3n) is 3.38. The van der Waals surface area contributed by atoms with Gasteiger partial charge in [-0.25, -0.2) is 9.97 Å². The number of hydrogen-bond donors (Lipinski definition) is 2. The maximum atomic E-state index is 12.1. The predicted molar refractivity (Wildman–Crippen MR) is 89.4 cm³/mol. The molecule has 0 spiro atoms. The van der Waals surface area contributed by atoms with Gasteiger partial charge in [-0.3, -0.25) is 14.2 Å². The average Bonchev–Trinajstić information content (AvgIpc) is 3.14. The maximum absolute atomic E-state index is 12.1. The Morgan fingerprint density at radius 2 is 2.21 bits per heavy atom. The van der Waals surface area contributed by atoms with Gasteiger partial charge in [0.1, 0.15) is 18.2 Å². The van der Waals surface area contributed by atoms with Crippen molar-refractivity contribution in [3.8, 4) is 11.4 Å². The van der Waals surface area contributed by atoms with Crippen molar-refractivity contribution in [1.29, 1.82) is 0 Å². The Morgan fingerprint density at radius 3 is 2.92 bits per heavy atom. The molecule has 1 amide bonds. The lowest BCUT2D eigenvalue weighted by molar-refractivity contribution is -0.116. The second-order valence-electron chi connectivity index (χ2n) is 5.28. The van der Waals surface area contributed by atoms with Crippen molar-refractivity contribution in [1.82, 2.24) is 29.5 Å². The van der Waals surface area contributed by atoms with E-state index < -0.39 is 0 Å². The van der Waals surface area contributed by atoms with Crippen LogP contribution in [0.1, 0.15) is 5.69 Å². The lowest BCUT2D eigenvalue weighted by Gasteiger charge is -2.05. The van der Waals surface area contributed by atoms with Gasteiger partial charge in [0.2, 0.25) is 5.91 Å². The molecule has 0 aliphatic heterocycles. The van der Waals surface area contributed by atoms with E-state index in [4.69, 9.17) is 0 Å². The summed E-state index contributed by atoms with van der Waals surface area (Å²) in [5, 5.41) is 14.1. The number of rotatable bonds is 5. The van der Waals surface area contributed by atoms with Crippen LogP contribution in [0.3, 0.4) is 0 Å². The summed E-state index contributed by atoms with van der Waals surface area (Å²) in [5.74, 6) is 1.74. The van der Waals surface area contributed by atoms with Crippen molar-refractivity contribution in [2.75, 3.05) is 17.7 Å². The Morgan fingerprint density at radius 1 is 1.38 bits per heavy atom. The number of nitrogens with one attached hydrogen (secondary N) is 2. The van der Waals surface area contributed by atoms with Crippen molar-refractivity contribution < 1.29 is 4.79 Å². The highest BCUT2D eigenvalue weighted by atomic mass is 16.2. The highest BCUT2D eigenvalue weighted by molar-refractivity contribution is 5.89. The van der Waals surface area contributed by atoms with E-state index in [1.165, 1.54) is 0 Å². The van der Waals surface area contributed by atoms with Gasteiger partial charge in [-0.15, -0.1) is 0 Å². The average molecular weight is 326 g/mol. The molecular formula is C15H18N8O. The molecule has 2 N–H and O–H groups in total. The SMILES string of the molecule is CNc1ccnc(-c2cnn(CC(=O)Nc3cc(C)nn3C)c2)n1. The highest BCUT2D eigenvalue weighted by Gasteiger charge is 2.10. The van der Waals surface area contributed by atoms with E-state index in [-0.39, 0.29) is 12.5 Å². The van der Waals surface area contributed by atoms with Crippen molar-refractivity contribution in [2.24, 2.45) is 7.05 Å². The molecule has 0 saturated carbocycles. The zero-order chi connectivity index (χ0) is 17.1. The van der Waals surface area contributed by atoms with E-state index >= 15 is 0 Å². The molecule has 3 aromatic heterocycles. The van der Waals surface area contributed by atoms with Crippen LogP contribution in [0.15, 0.2) is 30.7 Å². The zero-order valence-corrected chi connectivity index (χ0v) is 13.7. The maximum Gasteiger partial charge on any atom is 0.247 e. The minimum atomic E-state index is -0.183. The summed E-state index contributed by atoms with van der Waals surface area (Å²) in [6.07, 6.45) is 5.04. The molecule has 0 fully saturated rings. The van der Waals surface area contributed by atoms with Crippen LogP contribution < -0.4 is 10.6 Å². The van der Waals surface area contributed by atoms with E-state index in [0.29, 0.717) is 11.6 Å². The molecule has 0 aliphatic carbocycles. The summed E-state index contributed by atoms with van der Waals surface area (Å²) in [6, 6.07) is 3.58. The molecule has 3 rings (SSSR count). The Labute approximate surface area is 138 Å². The van der Waals surface area contributed by atoms with Crippen LogP contribution in [0.25, 0.3) is 11.4 Å². The molecule has 0 unspecified atom stereocenters. The molecule has 3 heterocycles.